The Balaban J connectivity index is 1.88. The van der Waals surface area contributed by atoms with Crippen LogP contribution in [0.3, 0.4) is 0 Å². The molecule has 0 aliphatic carbocycles. The van der Waals surface area contributed by atoms with E-state index < -0.39 is 56.9 Å². The molecule has 0 spiro atoms. The molecule has 2 atom stereocenters. The number of nitrogens with one attached hydrogen (secondary N) is 2. The van der Waals surface area contributed by atoms with E-state index in [0.29, 0.717) is 22.5 Å². The van der Waals surface area contributed by atoms with E-state index in [1.54, 1.807) is 30.3 Å². The molecule has 0 saturated carbocycles. The Labute approximate surface area is 213 Å². The van der Waals surface area contributed by atoms with Gasteiger partial charge in [0, 0.05) is 40.5 Å². The number of hydrogen-bond acceptors (Lipinski definition) is 6. The molecular weight excluding hydrogens is 540 g/mol. The molecule has 38 heavy (non-hydrogen) atoms. The van der Waals surface area contributed by atoms with Crippen molar-refractivity contribution in [1.82, 2.24) is 10.6 Å². The summed E-state index contributed by atoms with van der Waals surface area (Å²) >= 11 is 0. The fourth-order valence-corrected chi connectivity index (χ4v) is 4.87. The summed E-state index contributed by atoms with van der Waals surface area (Å²) in [6.45, 7) is 0.0841. The van der Waals surface area contributed by atoms with E-state index in [-0.39, 0.29) is 36.3 Å². The van der Waals surface area contributed by atoms with Gasteiger partial charge in [-0.1, -0.05) is 30.3 Å². The average molecular weight is 563 g/mol. The van der Waals surface area contributed by atoms with Crippen LogP contribution < -0.4 is 10.6 Å². The van der Waals surface area contributed by atoms with Crippen molar-refractivity contribution in [2.24, 2.45) is 0 Å². The smallest absolute Gasteiger partial charge is 0.416 e. The summed E-state index contributed by atoms with van der Waals surface area (Å²) in [6.07, 6.45) is -8.71. The number of nitrogens with zero attached hydrogens (tertiary/aromatic N) is 1. The summed E-state index contributed by atoms with van der Waals surface area (Å²) in [5.74, 6) is -0.110. The minimum absolute atomic E-state index is 0.0159. The van der Waals surface area contributed by atoms with Gasteiger partial charge in [-0.15, -0.1) is 0 Å². The predicted octanol–water partition coefficient (Wildman–Crippen LogP) is 4.43. The van der Waals surface area contributed by atoms with Gasteiger partial charge in [-0.25, -0.2) is 8.42 Å². The van der Waals surface area contributed by atoms with Gasteiger partial charge in [0.05, 0.1) is 23.4 Å². The zero-order chi connectivity index (χ0) is 27.9. The van der Waals surface area contributed by atoms with Crippen LogP contribution in [0.5, 0.6) is 0 Å². The minimum Gasteiger partial charge on any atom is -0.429 e. The molecule has 2 unspecified atom stereocenters. The third-order valence-electron chi connectivity index (χ3n) is 6.04. The number of halogens is 6. The van der Waals surface area contributed by atoms with Crippen LogP contribution in [0.4, 0.5) is 26.3 Å². The van der Waals surface area contributed by atoms with Crippen LogP contribution in [0.25, 0.3) is 0 Å². The van der Waals surface area contributed by atoms with Crippen LogP contribution in [0, 0.1) is 4.91 Å². The Bertz CT molecular complexity index is 1370. The molecule has 2 N–H and O–H groups in total. The first kappa shape index (κ1) is 27.6. The number of rotatable bonds is 4. The highest BCUT2D eigenvalue weighted by Crippen LogP contribution is 2.38. The number of hydrogen-bond donors (Lipinski definition) is 2. The molecule has 4 rings (SSSR count). The first-order valence-electron chi connectivity index (χ1n) is 11.2. The summed E-state index contributed by atoms with van der Waals surface area (Å²) in [6, 6.07) is 6.50. The lowest BCUT2D eigenvalue weighted by Gasteiger charge is -2.28. The molecule has 0 bridgehead atoms. The molecule has 204 valence electrons. The lowest BCUT2D eigenvalue weighted by molar-refractivity contribution is -0.608. The summed E-state index contributed by atoms with van der Waals surface area (Å²) in [5, 5.41) is 5.15. The second-order valence-corrected chi connectivity index (χ2v) is 10.8. The van der Waals surface area contributed by atoms with Gasteiger partial charge in [0.1, 0.15) is 0 Å². The molecule has 0 aromatic heterocycles. The van der Waals surface area contributed by atoms with E-state index in [4.69, 9.17) is 4.74 Å². The molecule has 2 heterocycles. The number of ether oxygens (including phenoxy) is 1. The van der Waals surface area contributed by atoms with Gasteiger partial charge < -0.3 is 10.1 Å². The minimum atomic E-state index is -5.06. The molecule has 0 amide bonds. The van der Waals surface area contributed by atoms with Crippen LogP contribution in [0.15, 0.2) is 71.2 Å². The normalized spacial score (nSPS) is 21.0. The van der Waals surface area contributed by atoms with E-state index in [2.05, 4.69) is 10.6 Å². The summed E-state index contributed by atoms with van der Waals surface area (Å²) in [5.41, 5.74) is -2.90. The van der Waals surface area contributed by atoms with Gasteiger partial charge in [-0.2, -0.15) is 26.3 Å². The summed E-state index contributed by atoms with van der Waals surface area (Å²) in [4.78, 5) is 13.9. The van der Waals surface area contributed by atoms with Gasteiger partial charge in [0.25, 0.3) is 0 Å². The third kappa shape index (κ3) is 6.01. The Kier molecular flexibility index (Phi) is 7.32. The fraction of sp³-hybridized carbons (Fsp3) is 0.333. The highest BCUT2D eigenvalue weighted by Gasteiger charge is 2.44. The Morgan fingerprint density at radius 3 is 2.16 bits per heavy atom. The maximum absolute atomic E-state index is 13.9. The maximum atomic E-state index is 13.9. The zero-order valence-electron chi connectivity index (χ0n) is 19.7. The van der Waals surface area contributed by atoms with E-state index in [1.807, 2.05) is 0 Å². The average Bonchev–Trinajstić information content (AvgIpc) is 2.83. The maximum Gasteiger partial charge on any atom is 0.416 e. The monoisotopic (exact) mass is 562 g/mol. The van der Waals surface area contributed by atoms with Crippen molar-refractivity contribution in [3.05, 3.63) is 98.3 Å². The lowest BCUT2D eigenvalue weighted by atomic mass is 9.93. The highest BCUT2D eigenvalue weighted by atomic mass is 32.2. The second-order valence-electron chi connectivity index (χ2n) is 8.84. The van der Waals surface area contributed by atoms with Gasteiger partial charge in [0.15, 0.2) is 0 Å². The first-order valence-corrected chi connectivity index (χ1v) is 13.1. The van der Waals surface area contributed by atoms with Crippen molar-refractivity contribution in [3.8, 4) is 0 Å². The van der Waals surface area contributed by atoms with E-state index in [0.717, 1.165) is 12.3 Å². The molecule has 7 nitrogen and oxygen atoms in total. The van der Waals surface area contributed by atoms with Gasteiger partial charge in [0.2, 0.25) is 32.9 Å². The standard InChI is InChI=1S/C24H22F6N3O4S/c1-38(35,36)21-11-19(15-5-3-2-4-6-15)33(34)20(18-12-31-13-32-22(18)37-21)9-14-7-16(23(25,26)27)10-17(8-14)24(28,29)30/h2-8,10-11,19-20,31-32H,9,12-13H2,1H3/q+1. The van der Waals surface area contributed by atoms with Crippen molar-refractivity contribution < 1.29 is 44.3 Å². The molecule has 0 saturated heterocycles. The van der Waals surface area contributed by atoms with E-state index in [1.165, 1.54) is 0 Å². The van der Waals surface area contributed by atoms with Crippen molar-refractivity contribution in [2.75, 3.05) is 19.5 Å². The number of alkyl halides is 6. The first-order chi connectivity index (χ1) is 17.6. The summed E-state index contributed by atoms with van der Waals surface area (Å²) in [7, 11) is -3.97. The van der Waals surface area contributed by atoms with Gasteiger partial charge in [-0.3, -0.25) is 5.32 Å². The number of benzene rings is 2. The Morgan fingerprint density at radius 2 is 1.61 bits per heavy atom. The van der Waals surface area contributed by atoms with Crippen LogP contribution >= 0.6 is 0 Å². The largest absolute Gasteiger partial charge is 0.429 e. The SMILES string of the molecule is CS(=O)(=O)C1=CC(c2ccccc2)[N+](=O)C(Cc2cc(C(F)(F)F)cc(C(F)(F)F)c2)C2=C(NCNC2)O1. The van der Waals surface area contributed by atoms with Crippen molar-refractivity contribution in [2.45, 2.75) is 30.9 Å². The molecular formula is C24H22F6N3O4S+. The zero-order valence-corrected chi connectivity index (χ0v) is 20.5. The van der Waals surface area contributed by atoms with Crippen LogP contribution in [-0.2, 0) is 33.3 Å². The second kappa shape index (κ2) is 10.1. The van der Waals surface area contributed by atoms with Gasteiger partial charge in [-0.05, 0) is 23.8 Å². The van der Waals surface area contributed by atoms with E-state index in [9.17, 15) is 39.7 Å². The van der Waals surface area contributed by atoms with Crippen molar-refractivity contribution in [1.29, 1.82) is 0 Å². The highest BCUT2D eigenvalue weighted by molar-refractivity contribution is 7.94. The van der Waals surface area contributed by atoms with Crippen molar-refractivity contribution >= 4 is 9.84 Å². The van der Waals surface area contributed by atoms with Crippen molar-refractivity contribution in [3.63, 3.8) is 0 Å². The molecule has 2 aliphatic heterocycles. The summed E-state index contributed by atoms with van der Waals surface area (Å²) < 4.78 is 112. The van der Waals surface area contributed by atoms with Crippen LogP contribution in [-0.4, -0.2) is 38.7 Å². The van der Waals surface area contributed by atoms with Crippen LogP contribution in [0.2, 0.25) is 0 Å². The van der Waals surface area contributed by atoms with Gasteiger partial charge >= 0.3 is 12.4 Å². The lowest BCUT2D eigenvalue weighted by Crippen LogP contribution is -2.45. The van der Waals surface area contributed by atoms with E-state index >= 15 is 0 Å². The number of sulfone groups is 1. The number of nitroso groups, excluding NO2 is 1. The predicted molar refractivity (Wildman–Crippen MR) is 124 cm³/mol. The Morgan fingerprint density at radius 1 is 1.00 bits per heavy atom. The molecule has 2 aliphatic rings. The molecule has 0 fully saturated rings. The Hall–Kier alpha value is -3.39. The molecule has 0 radical (unpaired) electrons. The molecule has 2 aromatic carbocycles. The quantitative estimate of drug-likeness (QED) is 0.424. The third-order valence-corrected chi connectivity index (χ3v) is 6.99. The fourth-order valence-electron chi connectivity index (χ4n) is 4.26. The molecule has 14 heteroatoms. The molecule has 2 aromatic rings. The topological polar surface area (TPSA) is 87.5 Å². The van der Waals surface area contributed by atoms with Crippen LogP contribution in [0.1, 0.15) is 28.3 Å².